The van der Waals surface area contributed by atoms with Crippen LogP contribution in [0.5, 0.6) is 0 Å². The number of thioether (sulfide) groups is 1. The van der Waals surface area contributed by atoms with Gasteiger partial charge < -0.3 is 0 Å². The van der Waals surface area contributed by atoms with Crippen molar-refractivity contribution in [1.82, 2.24) is 4.90 Å². The molecule has 1 heterocycles. The van der Waals surface area contributed by atoms with Crippen molar-refractivity contribution in [2.24, 2.45) is 0 Å². The minimum absolute atomic E-state index is 0.636. The van der Waals surface area contributed by atoms with Gasteiger partial charge in [0.15, 0.2) is 0 Å². The summed E-state index contributed by atoms with van der Waals surface area (Å²) in [7, 11) is 0. The number of nitrogens with zero attached hydrogens (tertiary/aromatic N) is 1. The molecule has 0 amide bonds. The van der Waals surface area contributed by atoms with Crippen LogP contribution in [0.25, 0.3) is 0 Å². The predicted octanol–water partition coefficient (Wildman–Crippen LogP) is 3.57. The molecule has 88 valence electrons. The van der Waals surface area contributed by atoms with Gasteiger partial charge in [0.05, 0.1) is 0 Å². The van der Waals surface area contributed by atoms with Crippen LogP contribution in [0, 0.1) is 0 Å². The van der Waals surface area contributed by atoms with E-state index in [1.165, 1.54) is 17.9 Å². The Morgan fingerprint density at radius 1 is 1.25 bits per heavy atom. The van der Waals surface area contributed by atoms with E-state index in [0.717, 1.165) is 0 Å². The van der Waals surface area contributed by atoms with Crippen molar-refractivity contribution in [1.29, 1.82) is 0 Å². The lowest BCUT2D eigenvalue weighted by molar-refractivity contribution is 0.165. The van der Waals surface area contributed by atoms with Gasteiger partial charge in [0, 0.05) is 29.6 Å². The van der Waals surface area contributed by atoms with E-state index in [4.69, 9.17) is 0 Å². The molecule has 1 aliphatic heterocycles. The first kappa shape index (κ1) is 12.0. The van der Waals surface area contributed by atoms with Crippen LogP contribution in [0.4, 0.5) is 0 Å². The van der Waals surface area contributed by atoms with Crippen LogP contribution in [0.2, 0.25) is 0 Å². The molecule has 2 heteroatoms. The van der Waals surface area contributed by atoms with Crippen molar-refractivity contribution in [3.05, 3.63) is 35.9 Å². The molecule has 1 aromatic rings. The molecule has 0 radical (unpaired) electrons. The lowest BCUT2D eigenvalue weighted by atomic mass is 10.0. The standard InChI is InChI=1S/C14H21NS/c1-11(2)15-9-10-16-14(12(15)3)13-7-5-4-6-8-13/h4-8,11-12,14H,9-10H2,1-3H3/t12-,14+/m0/s1. The summed E-state index contributed by atoms with van der Waals surface area (Å²) in [6, 6.07) is 12.2. The van der Waals surface area contributed by atoms with Crippen molar-refractivity contribution in [3.63, 3.8) is 0 Å². The molecule has 0 spiro atoms. The molecule has 2 rings (SSSR count). The highest BCUT2D eigenvalue weighted by Gasteiger charge is 2.30. The zero-order chi connectivity index (χ0) is 11.5. The van der Waals surface area contributed by atoms with Gasteiger partial charge in [-0.15, -0.1) is 0 Å². The van der Waals surface area contributed by atoms with E-state index < -0.39 is 0 Å². The quantitative estimate of drug-likeness (QED) is 0.771. The second kappa shape index (κ2) is 5.24. The van der Waals surface area contributed by atoms with E-state index in [2.05, 4.69) is 67.8 Å². The molecule has 0 aromatic heterocycles. The maximum absolute atomic E-state index is 2.62. The summed E-state index contributed by atoms with van der Waals surface area (Å²) in [4.78, 5) is 2.62. The van der Waals surface area contributed by atoms with Gasteiger partial charge in [-0.2, -0.15) is 11.8 Å². The summed E-state index contributed by atoms with van der Waals surface area (Å²) < 4.78 is 0. The molecule has 1 fully saturated rings. The fourth-order valence-corrected chi connectivity index (χ4v) is 3.90. The van der Waals surface area contributed by atoms with Crippen LogP contribution in [0.1, 0.15) is 31.6 Å². The van der Waals surface area contributed by atoms with Crippen LogP contribution in [0.3, 0.4) is 0 Å². The molecule has 0 saturated carbocycles. The van der Waals surface area contributed by atoms with Crippen LogP contribution in [-0.4, -0.2) is 29.3 Å². The monoisotopic (exact) mass is 235 g/mol. The molecule has 1 aliphatic rings. The molecule has 0 N–H and O–H groups in total. The maximum Gasteiger partial charge on any atom is 0.0450 e. The van der Waals surface area contributed by atoms with Crippen molar-refractivity contribution in [2.45, 2.75) is 38.1 Å². The van der Waals surface area contributed by atoms with Gasteiger partial charge in [-0.1, -0.05) is 30.3 Å². The summed E-state index contributed by atoms with van der Waals surface area (Å²) >= 11 is 2.10. The van der Waals surface area contributed by atoms with Gasteiger partial charge in [-0.3, -0.25) is 4.90 Å². The van der Waals surface area contributed by atoms with Gasteiger partial charge in [0.2, 0.25) is 0 Å². The number of hydrogen-bond donors (Lipinski definition) is 0. The zero-order valence-electron chi connectivity index (χ0n) is 10.4. The van der Waals surface area contributed by atoms with Crippen molar-refractivity contribution in [3.8, 4) is 0 Å². The lowest BCUT2D eigenvalue weighted by Gasteiger charge is -2.41. The van der Waals surface area contributed by atoms with E-state index in [1.807, 2.05) is 0 Å². The highest BCUT2D eigenvalue weighted by atomic mass is 32.2. The van der Waals surface area contributed by atoms with Crippen molar-refractivity contribution < 1.29 is 0 Å². The summed E-state index contributed by atoms with van der Waals surface area (Å²) in [6.45, 7) is 8.19. The molecular formula is C14H21NS. The van der Waals surface area contributed by atoms with E-state index in [0.29, 0.717) is 17.3 Å². The third-order valence-electron chi connectivity index (χ3n) is 3.40. The molecule has 0 aliphatic carbocycles. The average Bonchev–Trinajstić information content (AvgIpc) is 2.30. The number of hydrogen-bond acceptors (Lipinski definition) is 2. The molecule has 16 heavy (non-hydrogen) atoms. The van der Waals surface area contributed by atoms with Gasteiger partial charge in [0.1, 0.15) is 0 Å². The van der Waals surface area contributed by atoms with Crippen molar-refractivity contribution >= 4 is 11.8 Å². The molecular weight excluding hydrogens is 214 g/mol. The van der Waals surface area contributed by atoms with Crippen LogP contribution in [0.15, 0.2) is 30.3 Å². The van der Waals surface area contributed by atoms with E-state index in [-0.39, 0.29) is 0 Å². The Balaban J connectivity index is 2.16. The van der Waals surface area contributed by atoms with E-state index >= 15 is 0 Å². The normalized spacial score (nSPS) is 27.2. The van der Waals surface area contributed by atoms with Gasteiger partial charge in [-0.25, -0.2) is 0 Å². The summed E-state index contributed by atoms with van der Waals surface area (Å²) in [6.07, 6.45) is 0. The van der Waals surface area contributed by atoms with E-state index in [9.17, 15) is 0 Å². The third-order valence-corrected chi connectivity index (χ3v) is 4.84. The highest BCUT2D eigenvalue weighted by molar-refractivity contribution is 7.99. The Bertz CT molecular complexity index is 323. The van der Waals surface area contributed by atoms with Gasteiger partial charge in [0.25, 0.3) is 0 Å². The van der Waals surface area contributed by atoms with Crippen molar-refractivity contribution in [2.75, 3.05) is 12.3 Å². The smallest absolute Gasteiger partial charge is 0.0450 e. The largest absolute Gasteiger partial charge is 0.296 e. The maximum atomic E-state index is 2.62. The average molecular weight is 235 g/mol. The summed E-state index contributed by atoms with van der Waals surface area (Å²) in [5.41, 5.74) is 1.48. The Kier molecular flexibility index (Phi) is 3.93. The van der Waals surface area contributed by atoms with Crippen LogP contribution >= 0.6 is 11.8 Å². The second-order valence-corrected chi connectivity index (χ2v) is 6.02. The predicted molar refractivity (Wildman–Crippen MR) is 72.9 cm³/mol. The molecule has 2 atom stereocenters. The second-order valence-electron chi connectivity index (χ2n) is 4.77. The Hall–Kier alpha value is -0.470. The molecule has 1 nitrogen and oxygen atoms in total. The Labute approximate surface area is 103 Å². The first-order valence-corrected chi connectivity index (χ1v) is 7.17. The number of benzene rings is 1. The molecule has 1 saturated heterocycles. The van der Waals surface area contributed by atoms with Gasteiger partial charge in [-0.05, 0) is 26.3 Å². The Morgan fingerprint density at radius 2 is 1.94 bits per heavy atom. The fraction of sp³-hybridized carbons (Fsp3) is 0.571. The van der Waals surface area contributed by atoms with Gasteiger partial charge >= 0.3 is 0 Å². The highest BCUT2D eigenvalue weighted by Crippen LogP contribution is 2.38. The molecule has 0 unspecified atom stereocenters. The first-order valence-electron chi connectivity index (χ1n) is 6.12. The fourth-order valence-electron chi connectivity index (χ4n) is 2.55. The lowest BCUT2D eigenvalue weighted by Crippen LogP contribution is -2.45. The first-order chi connectivity index (χ1) is 7.70. The van der Waals surface area contributed by atoms with Crippen LogP contribution in [-0.2, 0) is 0 Å². The number of rotatable bonds is 2. The third kappa shape index (κ3) is 2.44. The Morgan fingerprint density at radius 3 is 2.56 bits per heavy atom. The topological polar surface area (TPSA) is 3.24 Å². The summed E-state index contributed by atoms with van der Waals surface area (Å²) in [5, 5.41) is 0.636. The molecule has 1 aromatic carbocycles. The van der Waals surface area contributed by atoms with Crippen LogP contribution < -0.4 is 0 Å². The SMILES string of the molecule is CC(C)N1CCS[C@@H](c2ccccc2)[C@@H]1C. The van der Waals surface area contributed by atoms with E-state index in [1.54, 1.807) is 0 Å². The summed E-state index contributed by atoms with van der Waals surface area (Å²) in [5.74, 6) is 1.25. The molecule has 0 bridgehead atoms. The zero-order valence-corrected chi connectivity index (χ0v) is 11.2. The minimum Gasteiger partial charge on any atom is -0.296 e. The minimum atomic E-state index is 0.636.